The highest BCUT2D eigenvalue weighted by Crippen LogP contribution is 2.21. The highest BCUT2D eigenvalue weighted by molar-refractivity contribution is 5.78. The molecule has 7 nitrogen and oxygen atoms in total. The van der Waals surface area contributed by atoms with Crippen LogP contribution >= 0.6 is 0 Å². The lowest BCUT2D eigenvalue weighted by Crippen LogP contribution is -2.32. The summed E-state index contributed by atoms with van der Waals surface area (Å²) in [6.07, 6.45) is 3.44. The predicted octanol–water partition coefficient (Wildman–Crippen LogP) is 3.06. The lowest BCUT2D eigenvalue weighted by Gasteiger charge is -2.08. The van der Waals surface area contributed by atoms with E-state index in [0.717, 1.165) is 11.3 Å². The molecule has 2 aromatic carbocycles. The maximum Gasteiger partial charge on any atom is 0.276 e. The number of nitrogens with zero attached hydrogens (tertiary/aromatic N) is 3. The summed E-state index contributed by atoms with van der Waals surface area (Å²) in [5.41, 5.74) is 2.42. The first kappa shape index (κ1) is 21.3. The third-order valence-corrected chi connectivity index (χ3v) is 4.99. The van der Waals surface area contributed by atoms with Crippen molar-refractivity contribution >= 4 is 11.4 Å². The first-order valence-electron chi connectivity index (χ1n) is 10.4. The molecule has 0 aliphatic carbocycles. The molecule has 4 rings (SSSR count). The highest BCUT2D eigenvalue weighted by Gasteiger charge is 2.10. The Morgan fingerprint density at radius 1 is 1.12 bits per heavy atom. The highest BCUT2D eigenvalue weighted by atomic mass is 19.1. The van der Waals surface area contributed by atoms with Crippen molar-refractivity contribution in [2.45, 2.75) is 19.9 Å². The molecular weight excluding hydrogens is 411 g/mol. The Morgan fingerprint density at radius 3 is 2.69 bits per heavy atom. The molecule has 1 N–H and O–H groups in total. The summed E-state index contributed by atoms with van der Waals surface area (Å²) in [4.78, 5) is 24.9. The van der Waals surface area contributed by atoms with Crippen LogP contribution in [0, 0.1) is 5.82 Å². The smallest absolute Gasteiger partial charge is 0.276 e. The molecular formula is C24H23FN4O3. The summed E-state index contributed by atoms with van der Waals surface area (Å²) >= 11 is 0. The van der Waals surface area contributed by atoms with Crippen molar-refractivity contribution in [1.82, 2.24) is 19.5 Å². The second-order valence-corrected chi connectivity index (χ2v) is 7.27. The molecule has 2 heterocycles. The fourth-order valence-electron chi connectivity index (χ4n) is 3.44. The Bertz CT molecular complexity index is 1290. The van der Waals surface area contributed by atoms with Gasteiger partial charge < -0.3 is 14.6 Å². The Kier molecular flexibility index (Phi) is 6.30. The number of carbonyl (C=O) groups excluding carboxylic acids is 1. The molecule has 4 aromatic rings. The van der Waals surface area contributed by atoms with Crippen LogP contribution in [0.2, 0.25) is 0 Å². The van der Waals surface area contributed by atoms with Crippen LogP contribution in [-0.2, 0) is 17.8 Å². The number of rotatable bonds is 8. The van der Waals surface area contributed by atoms with Gasteiger partial charge in [-0.25, -0.2) is 8.91 Å². The van der Waals surface area contributed by atoms with Gasteiger partial charge >= 0.3 is 0 Å². The minimum atomic E-state index is -0.374. The molecule has 8 heteroatoms. The van der Waals surface area contributed by atoms with E-state index in [4.69, 9.17) is 4.74 Å². The van der Waals surface area contributed by atoms with Crippen molar-refractivity contribution in [2.24, 2.45) is 0 Å². The molecule has 0 aliphatic rings. The number of benzene rings is 2. The Labute approximate surface area is 184 Å². The maximum absolute atomic E-state index is 13.2. The van der Waals surface area contributed by atoms with Crippen LogP contribution < -0.4 is 15.6 Å². The zero-order chi connectivity index (χ0) is 22.5. The SMILES string of the molecule is CCOc1ccc(-c2cc3c(=O)n(CCNC(=O)Cc4cccc(F)c4)ccn3n2)cc1. The normalized spacial score (nSPS) is 10.9. The van der Waals surface area contributed by atoms with Crippen LogP contribution in [0.4, 0.5) is 4.39 Å². The first-order chi connectivity index (χ1) is 15.5. The van der Waals surface area contributed by atoms with Crippen molar-refractivity contribution in [3.63, 3.8) is 0 Å². The molecule has 0 radical (unpaired) electrons. The number of nitrogens with one attached hydrogen (secondary N) is 1. The van der Waals surface area contributed by atoms with E-state index in [2.05, 4.69) is 10.4 Å². The number of halogens is 1. The lowest BCUT2D eigenvalue weighted by molar-refractivity contribution is -0.120. The Hall–Kier alpha value is -3.94. The van der Waals surface area contributed by atoms with Gasteiger partial charge in [0.2, 0.25) is 5.91 Å². The summed E-state index contributed by atoms with van der Waals surface area (Å²) in [5.74, 6) is 0.175. The van der Waals surface area contributed by atoms with Crippen LogP contribution in [0.25, 0.3) is 16.8 Å². The van der Waals surface area contributed by atoms with Crippen LogP contribution in [0.3, 0.4) is 0 Å². The maximum atomic E-state index is 13.2. The van der Waals surface area contributed by atoms with Gasteiger partial charge in [-0.3, -0.25) is 9.59 Å². The van der Waals surface area contributed by atoms with E-state index in [1.807, 2.05) is 31.2 Å². The summed E-state index contributed by atoms with van der Waals surface area (Å²) in [6, 6.07) is 15.2. The van der Waals surface area contributed by atoms with Crippen molar-refractivity contribution in [3.8, 4) is 17.0 Å². The average molecular weight is 434 g/mol. The van der Waals surface area contributed by atoms with Gasteiger partial charge in [0, 0.05) is 31.0 Å². The third-order valence-electron chi connectivity index (χ3n) is 4.99. The van der Waals surface area contributed by atoms with Crippen molar-refractivity contribution in [2.75, 3.05) is 13.2 Å². The molecule has 0 aliphatic heterocycles. The van der Waals surface area contributed by atoms with E-state index in [1.165, 1.54) is 16.7 Å². The standard InChI is InChI=1S/C24H23FN4O3/c1-2-32-20-8-6-18(7-9-20)21-16-22-24(31)28(12-13-29(22)27-21)11-10-26-23(30)15-17-4-3-5-19(25)14-17/h3-9,12-14,16H,2,10-11,15H2,1H3,(H,26,30). The number of hydrogen-bond acceptors (Lipinski definition) is 4. The van der Waals surface area contributed by atoms with Crippen LogP contribution in [0.1, 0.15) is 12.5 Å². The number of amides is 1. The van der Waals surface area contributed by atoms with Crippen molar-refractivity contribution < 1.29 is 13.9 Å². The largest absolute Gasteiger partial charge is 0.494 e. The Balaban J connectivity index is 1.42. The minimum absolute atomic E-state index is 0.0831. The van der Waals surface area contributed by atoms with E-state index in [9.17, 15) is 14.0 Å². The minimum Gasteiger partial charge on any atom is -0.494 e. The van der Waals surface area contributed by atoms with Gasteiger partial charge in [-0.1, -0.05) is 12.1 Å². The number of ether oxygens (including phenoxy) is 1. The molecule has 1 amide bonds. The number of hydrogen-bond donors (Lipinski definition) is 1. The second kappa shape index (κ2) is 9.47. The summed E-state index contributed by atoms with van der Waals surface area (Å²) < 4.78 is 21.8. The van der Waals surface area contributed by atoms with Gasteiger partial charge in [0.05, 0.1) is 18.7 Å². The number of fused-ring (bicyclic) bond motifs is 1. The topological polar surface area (TPSA) is 77.6 Å². The second-order valence-electron chi connectivity index (χ2n) is 7.27. The van der Waals surface area contributed by atoms with E-state index in [0.29, 0.717) is 29.9 Å². The predicted molar refractivity (Wildman–Crippen MR) is 119 cm³/mol. The molecule has 0 spiro atoms. The molecule has 164 valence electrons. The van der Waals surface area contributed by atoms with Gasteiger partial charge in [-0.05, 0) is 55.0 Å². The van der Waals surface area contributed by atoms with E-state index < -0.39 is 0 Å². The van der Waals surface area contributed by atoms with Gasteiger partial charge in [-0.2, -0.15) is 5.10 Å². The molecule has 0 saturated heterocycles. The molecule has 0 saturated carbocycles. The molecule has 0 bridgehead atoms. The molecule has 0 unspecified atom stereocenters. The van der Waals surface area contributed by atoms with Gasteiger partial charge in [0.1, 0.15) is 17.1 Å². The van der Waals surface area contributed by atoms with Gasteiger partial charge in [0.25, 0.3) is 5.56 Å². The fraction of sp³-hybridized carbons (Fsp3) is 0.208. The van der Waals surface area contributed by atoms with Crippen molar-refractivity contribution in [1.29, 1.82) is 0 Å². The number of carbonyl (C=O) groups is 1. The van der Waals surface area contributed by atoms with Crippen LogP contribution in [-0.4, -0.2) is 33.2 Å². The average Bonchev–Trinajstić information content (AvgIpc) is 3.21. The van der Waals surface area contributed by atoms with Gasteiger partial charge in [0.15, 0.2) is 0 Å². The zero-order valence-corrected chi connectivity index (χ0v) is 17.6. The van der Waals surface area contributed by atoms with Gasteiger partial charge in [-0.15, -0.1) is 0 Å². The van der Waals surface area contributed by atoms with Crippen LogP contribution in [0.5, 0.6) is 5.75 Å². The third kappa shape index (κ3) is 4.85. The first-order valence-corrected chi connectivity index (χ1v) is 10.4. The lowest BCUT2D eigenvalue weighted by atomic mass is 10.1. The summed E-state index contributed by atoms with van der Waals surface area (Å²) in [5, 5.41) is 7.25. The molecule has 0 fully saturated rings. The van der Waals surface area contributed by atoms with Crippen molar-refractivity contribution in [3.05, 3.63) is 88.7 Å². The molecule has 0 atom stereocenters. The summed E-state index contributed by atoms with van der Waals surface area (Å²) in [7, 11) is 0. The number of aromatic nitrogens is 3. The van der Waals surface area contributed by atoms with E-state index >= 15 is 0 Å². The molecule has 32 heavy (non-hydrogen) atoms. The Morgan fingerprint density at radius 2 is 1.94 bits per heavy atom. The van der Waals surface area contributed by atoms with E-state index in [-0.39, 0.29) is 30.2 Å². The fourth-order valence-corrected chi connectivity index (χ4v) is 3.44. The molecule has 2 aromatic heterocycles. The quantitative estimate of drug-likeness (QED) is 0.462. The van der Waals surface area contributed by atoms with E-state index in [1.54, 1.807) is 35.1 Å². The zero-order valence-electron chi connectivity index (χ0n) is 17.6. The monoisotopic (exact) mass is 434 g/mol. The summed E-state index contributed by atoms with van der Waals surface area (Å²) in [6.45, 7) is 3.12. The van der Waals surface area contributed by atoms with Crippen LogP contribution in [0.15, 0.2) is 71.8 Å².